The normalized spacial score (nSPS) is 10.4. The van der Waals surface area contributed by atoms with Crippen LogP contribution in [-0.4, -0.2) is 10.9 Å². The van der Waals surface area contributed by atoms with E-state index in [2.05, 4.69) is 26.2 Å². The Morgan fingerprint density at radius 2 is 2.22 bits per heavy atom. The van der Waals surface area contributed by atoms with Crippen LogP contribution in [0.4, 0.5) is 5.69 Å². The van der Waals surface area contributed by atoms with E-state index in [1.807, 2.05) is 37.4 Å². The number of carbonyl (C=O) groups is 1. The summed E-state index contributed by atoms with van der Waals surface area (Å²) in [6.45, 7) is 3.90. The van der Waals surface area contributed by atoms with Crippen LogP contribution in [0.15, 0.2) is 28.1 Å². The van der Waals surface area contributed by atoms with E-state index in [-0.39, 0.29) is 5.91 Å². The number of hydrogen-bond donors (Lipinski definition) is 1. The lowest BCUT2D eigenvalue weighted by Crippen LogP contribution is -2.15. The quantitative estimate of drug-likeness (QED) is 0.935. The second-order valence-electron chi connectivity index (χ2n) is 4.04. The number of thiazole rings is 1. The highest BCUT2D eigenvalue weighted by Gasteiger charge is 2.08. The molecule has 0 saturated heterocycles. The van der Waals surface area contributed by atoms with Gasteiger partial charge in [0.2, 0.25) is 5.91 Å². The minimum atomic E-state index is -0.0364. The molecular weight excluding hydrogens is 312 g/mol. The van der Waals surface area contributed by atoms with E-state index in [0.717, 1.165) is 26.4 Å². The van der Waals surface area contributed by atoms with Gasteiger partial charge in [-0.2, -0.15) is 0 Å². The number of aromatic nitrogens is 1. The van der Waals surface area contributed by atoms with Crippen molar-refractivity contribution in [3.05, 3.63) is 44.3 Å². The summed E-state index contributed by atoms with van der Waals surface area (Å²) in [6.07, 6.45) is 0.319. The smallest absolute Gasteiger partial charge is 0.230 e. The summed E-state index contributed by atoms with van der Waals surface area (Å²) in [5.74, 6) is -0.0364. The lowest BCUT2D eigenvalue weighted by atomic mass is 10.2. The van der Waals surface area contributed by atoms with Gasteiger partial charge >= 0.3 is 0 Å². The number of nitrogens with zero attached hydrogens (tertiary/aromatic N) is 1. The van der Waals surface area contributed by atoms with Gasteiger partial charge in [0.05, 0.1) is 17.1 Å². The molecular formula is C13H13BrN2OS. The molecule has 0 atom stereocenters. The fourth-order valence-corrected chi connectivity index (χ4v) is 2.70. The number of halogens is 1. The van der Waals surface area contributed by atoms with Gasteiger partial charge in [-0.1, -0.05) is 15.9 Å². The summed E-state index contributed by atoms with van der Waals surface area (Å²) in [5, 5.41) is 5.80. The van der Waals surface area contributed by atoms with Gasteiger partial charge in [0.15, 0.2) is 0 Å². The van der Waals surface area contributed by atoms with Crippen LogP contribution in [0.2, 0.25) is 0 Å². The van der Waals surface area contributed by atoms with Crippen LogP contribution in [0.5, 0.6) is 0 Å². The molecule has 0 aliphatic heterocycles. The number of carbonyl (C=O) groups excluding carboxylic acids is 1. The van der Waals surface area contributed by atoms with Crippen molar-refractivity contribution in [1.29, 1.82) is 0 Å². The van der Waals surface area contributed by atoms with Crippen molar-refractivity contribution in [2.24, 2.45) is 0 Å². The molecule has 1 amide bonds. The number of nitrogens with one attached hydrogen (secondary N) is 1. The molecule has 1 heterocycles. The van der Waals surface area contributed by atoms with Crippen molar-refractivity contribution in [2.45, 2.75) is 20.3 Å². The summed E-state index contributed by atoms with van der Waals surface area (Å²) >= 11 is 4.96. The van der Waals surface area contributed by atoms with Gasteiger partial charge in [0.25, 0.3) is 0 Å². The standard InChI is InChI=1S/C13H13BrN2OS/c1-8-5-10(14)3-4-12(8)16-13(17)6-11-7-18-9(2)15-11/h3-5,7H,6H2,1-2H3,(H,16,17). The maximum atomic E-state index is 11.9. The van der Waals surface area contributed by atoms with Crippen LogP contribution in [0.25, 0.3) is 0 Å². The summed E-state index contributed by atoms with van der Waals surface area (Å²) < 4.78 is 1.01. The predicted octanol–water partition coefficient (Wildman–Crippen LogP) is 3.70. The van der Waals surface area contributed by atoms with E-state index < -0.39 is 0 Å². The molecule has 1 aromatic carbocycles. The molecule has 1 N–H and O–H groups in total. The number of anilines is 1. The summed E-state index contributed by atoms with van der Waals surface area (Å²) in [5.41, 5.74) is 2.70. The third-order valence-electron chi connectivity index (χ3n) is 2.47. The SMILES string of the molecule is Cc1nc(CC(=O)Nc2ccc(Br)cc2C)cs1. The summed E-state index contributed by atoms with van der Waals surface area (Å²) in [6, 6.07) is 5.78. The monoisotopic (exact) mass is 324 g/mol. The first-order valence-corrected chi connectivity index (χ1v) is 7.19. The first-order valence-electron chi connectivity index (χ1n) is 5.51. The predicted molar refractivity (Wildman–Crippen MR) is 78.1 cm³/mol. The summed E-state index contributed by atoms with van der Waals surface area (Å²) in [7, 11) is 0. The van der Waals surface area contributed by atoms with Gasteiger partial charge in [-0.25, -0.2) is 4.98 Å². The Labute approximate surface area is 118 Å². The molecule has 0 fully saturated rings. The van der Waals surface area contributed by atoms with Crippen LogP contribution in [0.3, 0.4) is 0 Å². The molecule has 0 spiro atoms. The molecule has 0 radical (unpaired) electrons. The first-order chi connectivity index (χ1) is 8.54. The molecule has 2 rings (SSSR count). The van der Waals surface area contributed by atoms with Crippen LogP contribution in [-0.2, 0) is 11.2 Å². The van der Waals surface area contributed by atoms with Crippen LogP contribution in [0, 0.1) is 13.8 Å². The number of amides is 1. The Kier molecular flexibility index (Phi) is 4.14. The van der Waals surface area contributed by atoms with Crippen molar-refractivity contribution in [3.63, 3.8) is 0 Å². The lowest BCUT2D eigenvalue weighted by Gasteiger charge is -2.07. The van der Waals surface area contributed by atoms with E-state index in [4.69, 9.17) is 0 Å². The van der Waals surface area contributed by atoms with Gasteiger partial charge in [0.1, 0.15) is 0 Å². The Balaban J connectivity index is 2.03. The number of rotatable bonds is 3. The average molecular weight is 325 g/mol. The molecule has 5 heteroatoms. The summed E-state index contributed by atoms with van der Waals surface area (Å²) in [4.78, 5) is 16.1. The Hall–Kier alpha value is -1.20. The largest absolute Gasteiger partial charge is 0.326 e. The highest BCUT2D eigenvalue weighted by atomic mass is 79.9. The highest BCUT2D eigenvalue weighted by molar-refractivity contribution is 9.10. The average Bonchev–Trinajstić information content (AvgIpc) is 2.68. The zero-order valence-electron chi connectivity index (χ0n) is 10.2. The van der Waals surface area contributed by atoms with E-state index in [9.17, 15) is 4.79 Å². The minimum absolute atomic E-state index is 0.0364. The second-order valence-corrected chi connectivity index (χ2v) is 6.02. The van der Waals surface area contributed by atoms with Gasteiger partial charge in [0, 0.05) is 15.5 Å². The Bertz CT molecular complexity index is 580. The van der Waals surface area contributed by atoms with Crippen molar-refractivity contribution in [1.82, 2.24) is 4.98 Å². The molecule has 3 nitrogen and oxygen atoms in total. The Morgan fingerprint density at radius 1 is 1.44 bits per heavy atom. The van der Waals surface area contributed by atoms with Gasteiger partial charge < -0.3 is 5.32 Å². The highest BCUT2D eigenvalue weighted by Crippen LogP contribution is 2.20. The first kappa shape index (κ1) is 13.2. The fourth-order valence-electron chi connectivity index (χ4n) is 1.62. The third kappa shape index (κ3) is 3.40. The van der Waals surface area contributed by atoms with E-state index in [1.54, 1.807) is 11.3 Å². The fraction of sp³-hybridized carbons (Fsp3) is 0.231. The number of hydrogen-bond acceptors (Lipinski definition) is 3. The van der Waals surface area contributed by atoms with Crippen molar-refractivity contribution < 1.29 is 4.79 Å². The Morgan fingerprint density at radius 3 is 2.83 bits per heavy atom. The maximum Gasteiger partial charge on any atom is 0.230 e. The van der Waals surface area contributed by atoms with Crippen LogP contribution < -0.4 is 5.32 Å². The third-order valence-corrected chi connectivity index (χ3v) is 3.79. The van der Waals surface area contributed by atoms with E-state index in [1.165, 1.54) is 0 Å². The topological polar surface area (TPSA) is 42.0 Å². The second kappa shape index (κ2) is 5.63. The molecule has 94 valence electrons. The molecule has 0 aliphatic rings. The zero-order chi connectivity index (χ0) is 13.1. The van der Waals surface area contributed by atoms with Crippen molar-refractivity contribution in [3.8, 4) is 0 Å². The lowest BCUT2D eigenvalue weighted by molar-refractivity contribution is -0.115. The minimum Gasteiger partial charge on any atom is -0.326 e. The number of benzene rings is 1. The van der Waals surface area contributed by atoms with E-state index >= 15 is 0 Å². The molecule has 0 bridgehead atoms. The molecule has 0 saturated carbocycles. The zero-order valence-corrected chi connectivity index (χ0v) is 12.6. The maximum absolute atomic E-state index is 11.9. The van der Waals surface area contributed by atoms with Gasteiger partial charge in [-0.05, 0) is 37.6 Å². The van der Waals surface area contributed by atoms with Crippen molar-refractivity contribution >= 4 is 38.9 Å². The van der Waals surface area contributed by atoms with Gasteiger partial charge in [-0.15, -0.1) is 11.3 Å². The number of aryl methyl sites for hydroxylation is 2. The van der Waals surface area contributed by atoms with Crippen LogP contribution in [0.1, 0.15) is 16.3 Å². The molecule has 2 aromatic rings. The molecule has 18 heavy (non-hydrogen) atoms. The van der Waals surface area contributed by atoms with E-state index in [0.29, 0.717) is 6.42 Å². The molecule has 1 aromatic heterocycles. The van der Waals surface area contributed by atoms with Gasteiger partial charge in [-0.3, -0.25) is 4.79 Å². The molecule has 0 unspecified atom stereocenters. The van der Waals surface area contributed by atoms with Crippen molar-refractivity contribution in [2.75, 3.05) is 5.32 Å². The molecule has 0 aliphatic carbocycles. The van der Waals surface area contributed by atoms with Crippen LogP contribution >= 0.6 is 27.3 Å².